The number of ether oxygens (including phenoxy) is 1. The molecule has 0 fully saturated rings. The van der Waals surface area contributed by atoms with Gasteiger partial charge in [0.2, 0.25) is 0 Å². The molecule has 7 heteroatoms. The van der Waals surface area contributed by atoms with Crippen molar-refractivity contribution in [3.8, 4) is 0 Å². The Morgan fingerprint density at radius 1 is 1.35 bits per heavy atom. The van der Waals surface area contributed by atoms with Gasteiger partial charge in [0.1, 0.15) is 4.88 Å². The molecule has 0 saturated carbocycles. The van der Waals surface area contributed by atoms with Gasteiger partial charge in [0.05, 0.1) is 16.0 Å². The zero-order valence-corrected chi connectivity index (χ0v) is 14.2. The van der Waals surface area contributed by atoms with Crippen LogP contribution >= 0.6 is 23.1 Å². The summed E-state index contributed by atoms with van der Waals surface area (Å²) in [6.45, 7) is 10.9. The van der Waals surface area contributed by atoms with Crippen molar-refractivity contribution in [1.82, 2.24) is 4.98 Å². The molecule has 0 amide bonds. The molecule has 5 nitrogen and oxygen atoms in total. The predicted molar refractivity (Wildman–Crippen MR) is 80.6 cm³/mol. The van der Waals surface area contributed by atoms with Crippen molar-refractivity contribution in [2.45, 2.75) is 62.5 Å². The molecule has 0 aliphatic rings. The highest BCUT2D eigenvalue weighted by atomic mass is 32.2. The third-order valence-corrected chi connectivity index (χ3v) is 4.82. The molecular weight excluding hydrogens is 298 g/mol. The number of thioether (sulfide) groups is 1. The average molecular weight is 319 g/mol. The minimum absolute atomic E-state index is 0.231. The lowest BCUT2D eigenvalue weighted by molar-refractivity contribution is -0.177. The molecule has 0 aliphatic carbocycles. The van der Waals surface area contributed by atoms with E-state index in [-0.39, 0.29) is 4.88 Å². The molecule has 0 aromatic carbocycles. The van der Waals surface area contributed by atoms with E-state index in [4.69, 9.17) is 9.84 Å². The second-order valence-corrected chi connectivity index (χ2v) is 8.89. The van der Waals surface area contributed by atoms with E-state index >= 15 is 0 Å². The van der Waals surface area contributed by atoms with E-state index in [1.165, 1.54) is 11.8 Å². The van der Waals surface area contributed by atoms with Gasteiger partial charge in [0.25, 0.3) is 0 Å². The average Bonchev–Trinajstić information content (AvgIpc) is 2.55. The number of carboxylic acid groups (broad SMARTS) is 1. The van der Waals surface area contributed by atoms with Crippen molar-refractivity contribution in [2.24, 2.45) is 0 Å². The Hall–Kier alpha value is -0.630. The van der Waals surface area contributed by atoms with Crippen LogP contribution in [0, 0.1) is 6.92 Å². The minimum atomic E-state index is -0.981. The topological polar surface area (TPSA) is 79.7 Å². The summed E-state index contributed by atoms with van der Waals surface area (Å²) >= 11 is 2.43. The summed E-state index contributed by atoms with van der Waals surface area (Å²) < 4.78 is 5.54. The van der Waals surface area contributed by atoms with Crippen molar-refractivity contribution >= 4 is 29.1 Å². The maximum absolute atomic E-state index is 11.0. The van der Waals surface area contributed by atoms with Gasteiger partial charge in [0, 0.05) is 0 Å². The number of thiazole rings is 1. The molecule has 1 rings (SSSR count). The van der Waals surface area contributed by atoms with Crippen LogP contribution in [0.5, 0.6) is 0 Å². The number of carbonyl (C=O) groups is 1. The zero-order chi connectivity index (χ0) is 15.7. The lowest BCUT2D eigenvalue weighted by Crippen LogP contribution is -2.40. The molecule has 20 heavy (non-hydrogen) atoms. The highest BCUT2D eigenvalue weighted by molar-refractivity contribution is 8.02. The molecule has 1 atom stereocenters. The van der Waals surface area contributed by atoms with Crippen molar-refractivity contribution in [3.05, 3.63) is 10.6 Å². The number of carboxylic acids is 1. The first-order valence-electron chi connectivity index (χ1n) is 6.18. The van der Waals surface area contributed by atoms with Gasteiger partial charge in [-0.25, -0.2) is 9.78 Å². The second kappa shape index (κ2) is 6.01. The third kappa shape index (κ3) is 4.73. The fraction of sp³-hybridized carbons (Fsp3) is 0.692. The van der Waals surface area contributed by atoms with Crippen LogP contribution in [0.4, 0.5) is 0 Å². The molecule has 1 aromatic rings. The molecule has 0 bridgehead atoms. The molecule has 114 valence electrons. The number of aliphatic hydroxyl groups excluding tert-OH is 1. The normalized spacial score (nSPS) is 14.3. The van der Waals surface area contributed by atoms with Crippen LogP contribution < -0.4 is 0 Å². The van der Waals surface area contributed by atoms with E-state index in [9.17, 15) is 9.90 Å². The Bertz CT molecular complexity index is 491. The van der Waals surface area contributed by atoms with E-state index in [0.717, 1.165) is 11.3 Å². The molecule has 0 aliphatic heterocycles. The Balaban J connectivity index is 2.85. The number of rotatable bonds is 5. The maximum atomic E-state index is 11.0. The van der Waals surface area contributed by atoms with Crippen LogP contribution in [0.1, 0.15) is 50.0 Å². The highest BCUT2D eigenvalue weighted by Gasteiger charge is 2.34. The highest BCUT2D eigenvalue weighted by Crippen LogP contribution is 2.39. The molecule has 0 radical (unpaired) electrons. The maximum Gasteiger partial charge on any atom is 0.347 e. The zero-order valence-electron chi connectivity index (χ0n) is 12.6. The summed E-state index contributed by atoms with van der Waals surface area (Å²) in [5.41, 5.74) is 0.0365. The molecular formula is C13H21NO4S2. The predicted octanol–water partition coefficient (Wildman–Crippen LogP) is 3.15. The van der Waals surface area contributed by atoms with Gasteiger partial charge in [-0.3, -0.25) is 0 Å². The van der Waals surface area contributed by atoms with Crippen LogP contribution in [0.25, 0.3) is 0 Å². The van der Waals surface area contributed by atoms with Crippen molar-refractivity contribution in [2.75, 3.05) is 0 Å². The summed E-state index contributed by atoms with van der Waals surface area (Å²) in [5.74, 6) is -0.976. The van der Waals surface area contributed by atoms with Crippen molar-refractivity contribution in [3.63, 3.8) is 0 Å². The van der Waals surface area contributed by atoms with Crippen molar-refractivity contribution in [1.29, 1.82) is 0 Å². The molecule has 1 unspecified atom stereocenters. The van der Waals surface area contributed by atoms with Gasteiger partial charge in [-0.15, -0.1) is 11.3 Å². The fourth-order valence-electron chi connectivity index (χ4n) is 1.37. The van der Waals surface area contributed by atoms with E-state index in [0.29, 0.717) is 10.0 Å². The van der Waals surface area contributed by atoms with Crippen LogP contribution in [0.3, 0.4) is 0 Å². The largest absolute Gasteiger partial charge is 0.477 e. The number of hydrogen-bond donors (Lipinski definition) is 2. The van der Waals surface area contributed by atoms with E-state index in [2.05, 4.69) is 4.98 Å². The first kappa shape index (κ1) is 17.4. The van der Waals surface area contributed by atoms with Gasteiger partial charge in [0.15, 0.2) is 10.6 Å². The van der Waals surface area contributed by atoms with E-state index in [1.54, 1.807) is 6.92 Å². The Kier molecular flexibility index (Phi) is 5.23. The third-order valence-electron chi connectivity index (χ3n) is 2.38. The molecule has 2 N–H and O–H groups in total. The number of aromatic carboxylic acids is 1. The monoisotopic (exact) mass is 319 g/mol. The first-order chi connectivity index (χ1) is 8.92. The molecule has 1 heterocycles. The van der Waals surface area contributed by atoms with E-state index in [1.807, 2.05) is 34.6 Å². The smallest absolute Gasteiger partial charge is 0.347 e. The van der Waals surface area contributed by atoms with Crippen molar-refractivity contribution < 1.29 is 19.7 Å². The van der Waals surface area contributed by atoms with Gasteiger partial charge in [-0.2, -0.15) is 0 Å². The first-order valence-corrected chi connectivity index (χ1v) is 7.81. The summed E-state index contributed by atoms with van der Waals surface area (Å²) in [5, 5.41) is 19.2. The molecule has 0 saturated heterocycles. The lowest BCUT2D eigenvalue weighted by Gasteiger charge is -2.33. The lowest BCUT2D eigenvalue weighted by atomic mass is 10.1. The fourth-order valence-corrected chi connectivity index (χ4v) is 3.85. The number of aromatic nitrogens is 1. The minimum Gasteiger partial charge on any atom is -0.477 e. The van der Waals surface area contributed by atoms with E-state index < -0.39 is 22.6 Å². The van der Waals surface area contributed by atoms with Crippen LogP contribution in [-0.2, 0) is 4.74 Å². The SMILES string of the molecule is Cc1nc(SC(C)(C)C(O)OC(C)(C)C)sc1C(=O)O. The Morgan fingerprint density at radius 3 is 2.30 bits per heavy atom. The summed E-state index contributed by atoms with van der Waals surface area (Å²) in [6.07, 6.45) is -0.981. The van der Waals surface area contributed by atoms with Gasteiger partial charge < -0.3 is 14.9 Å². The molecule has 0 spiro atoms. The summed E-state index contributed by atoms with van der Waals surface area (Å²) in [7, 11) is 0. The van der Waals surface area contributed by atoms with Crippen LogP contribution in [-0.4, -0.2) is 37.8 Å². The quantitative estimate of drug-likeness (QED) is 0.641. The second-order valence-electron chi connectivity index (χ2n) is 5.99. The van der Waals surface area contributed by atoms with Crippen LogP contribution in [0.2, 0.25) is 0 Å². The summed E-state index contributed by atoms with van der Waals surface area (Å²) in [4.78, 5) is 15.5. The Morgan fingerprint density at radius 2 is 1.90 bits per heavy atom. The van der Waals surface area contributed by atoms with Gasteiger partial charge >= 0.3 is 5.97 Å². The van der Waals surface area contributed by atoms with Gasteiger partial charge in [-0.05, 0) is 41.5 Å². The number of hydrogen-bond acceptors (Lipinski definition) is 6. The number of nitrogens with zero attached hydrogens (tertiary/aromatic N) is 1. The Labute approximate surface area is 127 Å². The van der Waals surface area contributed by atoms with Gasteiger partial charge in [-0.1, -0.05) is 11.8 Å². The number of aliphatic hydroxyl groups is 1. The van der Waals surface area contributed by atoms with Crippen LogP contribution in [0.15, 0.2) is 4.34 Å². The summed E-state index contributed by atoms with van der Waals surface area (Å²) in [6, 6.07) is 0. The number of aryl methyl sites for hydroxylation is 1. The molecule has 1 aromatic heterocycles. The standard InChI is InChI=1S/C13H21NO4S2/c1-7-8(9(15)16)19-11(14-7)20-13(5,6)10(17)18-12(2,3)4/h10,17H,1-6H3,(H,15,16).